The molecule has 0 aromatic rings. The lowest BCUT2D eigenvalue weighted by atomic mass is 9.95. The van der Waals surface area contributed by atoms with E-state index in [2.05, 4.69) is 11.2 Å². The van der Waals surface area contributed by atoms with E-state index in [1.165, 1.54) is 25.7 Å². The van der Waals surface area contributed by atoms with Gasteiger partial charge >= 0.3 is 0 Å². The van der Waals surface area contributed by atoms with E-state index in [0.29, 0.717) is 28.6 Å². The Balaban J connectivity index is 1.58. The molecule has 3 nitrogen and oxygen atoms in total. The lowest BCUT2D eigenvalue weighted by molar-refractivity contribution is -0.134. The monoisotopic (exact) mass is 312 g/mol. The summed E-state index contributed by atoms with van der Waals surface area (Å²) in [5.74, 6) is 2.18. The Morgan fingerprint density at radius 1 is 1.25 bits per heavy atom. The fourth-order valence-corrected chi connectivity index (χ4v) is 5.45. The third-order valence-electron chi connectivity index (χ3n) is 5.66. The minimum absolute atomic E-state index is 0.0809. The van der Waals surface area contributed by atoms with E-state index in [1.807, 2.05) is 0 Å². The van der Waals surface area contributed by atoms with Gasteiger partial charge in [-0.3, -0.25) is 4.79 Å². The van der Waals surface area contributed by atoms with Crippen molar-refractivity contribution in [2.45, 2.75) is 43.3 Å². The highest BCUT2D eigenvalue weighted by atomic mass is 32.2. The molecule has 3 aliphatic rings. The second-order valence-corrected chi connectivity index (χ2v) is 8.16. The highest BCUT2D eigenvalue weighted by Crippen LogP contribution is 2.56. The molecule has 2 atom stereocenters. The van der Waals surface area contributed by atoms with Crippen LogP contribution in [0.4, 0.5) is 0 Å². The Bertz CT molecular complexity index is 406. The zero-order valence-corrected chi connectivity index (χ0v) is 13.8. The number of fused-ring (bicyclic) bond motifs is 1. The second kappa shape index (κ2) is 5.48. The van der Waals surface area contributed by atoms with Crippen LogP contribution in [0.3, 0.4) is 0 Å². The van der Waals surface area contributed by atoms with Crippen LogP contribution in [0.25, 0.3) is 0 Å². The first kappa shape index (κ1) is 14.6. The van der Waals surface area contributed by atoms with Crippen LogP contribution in [-0.2, 0) is 4.79 Å². The summed E-state index contributed by atoms with van der Waals surface area (Å²) in [4.78, 5) is 15.3. The van der Waals surface area contributed by atoms with Gasteiger partial charge in [-0.05, 0) is 43.8 Å². The Kier molecular flexibility index (Phi) is 4.01. The number of hydrogen-bond donors (Lipinski definition) is 1. The zero-order chi connectivity index (χ0) is 14.3. The van der Waals surface area contributed by atoms with Crippen molar-refractivity contribution in [3.8, 4) is 0 Å². The van der Waals surface area contributed by atoms with Crippen molar-refractivity contribution in [1.29, 1.82) is 0 Å². The highest BCUT2D eigenvalue weighted by molar-refractivity contribution is 8.02. The first-order valence-corrected chi connectivity index (χ1v) is 9.36. The summed E-state index contributed by atoms with van der Waals surface area (Å²) in [5, 5.41) is 0. The molecule has 0 aromatic heterocycles. The fourth-order valence-electron chi connectivity index (χ4n) is 4.21. The molecule has 1 heterocycles. The van der Waals surface area contributed by atoms with Crippen LogP contribution in [0.15, 0.2) is 0 Å². The Hall–Kier alpha value is -0.290. The molecule has 2 unspecified atom stereocenters. The summed E-state index contributed by atoms with van der Waals surface area (Å²) < 4.78 is -0.0809. The normalized spacial score (nSPS) is 35.2. The van der Waals surface area contributed by atoms with Crippen molar-refractivity contribution in [1.82, 2.24) is 4.90 Å². The van der Waals surface area contributed by atoms with Crippen LogP contribution in [0.1, 0.15) is 38.5 Å². The van der Waals surface area contributed by atoms with Gasteiger partial charge < -0.3 is 10.6 Å². The van der Waals surface area contributed by atoms with Gasteiger partial charge in [-0.1, -0.05) is 25.1 Å². The number of hydrogen-bond acceptors (Lipinski definition) is 3. The van der Waals surface area contributed by atoms with Crippen LogP contribution < -0.4 is 5.73 Å². The van der Waals surface area contributed by atoms with Crippen molar-refractivity contribution in [3.05, 3.63) is 0 Å². The summed E-state index contributed by atoms with van der Waals surface area (Å²) in [6.45, 7) is 1.65. The maximum atomic E-state index is 12.7. The number of thiocarbonyl (C=S) groups is 1. The van der Waals surface area contributed by atoms with E-state index in [4.69, 9.17) is 18.0 Å². The molecule has 2 N–H and O–H groups in total. The van der Waals surface area contributed by atoms with E-state index in [1.54, 1.807) is 11.8 Å². The number of carbonyl (C=O) groups is 1. The molecule has 0 radical (unpaired) electrons. The number of nitrogens with zero attached hydrogens (tertiary/aromatic N) is 1. The smallest absolute Gasteiger partial charge is 0.226 e. The molecular weight excluding hydrogens is 288 g/mol. The molecule has 1 saturated heterocycles. The van der Waals surface area contributed by atoms with Crippen molar-refractivity contribution < 1.29 is 4.79 Å². The number of likely N-dealkylation sites (tertiary alicyclic amines) is 1. The summed E-state index contributed by atoms with van der Waals surface area (Å²) in [6.07, 6.45) is 9.09. The lowest BCUT2D eigenvalue weighted by Gasteiger charge is -2.40. The van der Waals surface area contributed by atoms with Gasteiger partial charge in [0.05, 0.1) is 9.74 Å². The minimum Gasteiger partial charge on any atom is -0.392 e. The van der Waals surface area contributed by atoms with Crippen LogP contribution in [-0.4, -0.2) is 39.9 Å². The van der Waals surface area contributed by atoms with E-state index < -0.39 is 0 Å². The molecule has 2 saturated carbocycles. The highest BCUT2D eigenvalue weighted by Gasteiger charge is 2.56. The van der Waals surface area contributed by atoms with E-state index >= 15 is 0 Å². The first-order chi connectivity index (χ1) is 9.59. The van der Waals surface area contributed by atoms with Gasteiger partial charge in [-0.25, -0.2) is 0 Å². The third kappa shape index (κ3) is 2.37. The van der Waals surface area contributed by atoms with Gasteiger partial charge in [0.25, 0.3) is 0 Å². The Labute approximate surface area is 131 Å². The predicted molar refractivity (Wildman–Crippen MR) is 87.8 cm³/mol. The van der Waals surface area contributed by atoms with Crippen LogP contribution >= 0.6 is 24.0 Å². The van der Waals surface area contributed by atoms with E-state index in [-0.39, 0.29) is 4.75 Å². The summed E-state index contributed by atoms with van der Waals surface area (Å²) >= 11 is 6.99. The van der Waals surface area contributed by atoms with Crippen LogP contribution in [0.2, 0.25) is 0 Å². The maximum absolute atomic E-state index is 12.7. The Morgan fingerprint density at radius 3 is 2.25 bits per heavy atom. The number of amides is 1. The summed E-state index contributed by atoms with van der Waals surface area (Å²) in [6, 6.07) is 0. The van der Waals surface area contributed by atoms with E-state index in [9.17, 15) is 4.79 Å². The number of carbonyl (C=O) groups excluding carboxylic acids is 1. The van der Waals surface area contributed by atoms with Crippen LogP contribution in [0.5, 0.6) is 0 Å². The quantitative estimate of drug-likeness (QED) is 0.813. The van der Waals surface area contributed by atoms with Gasteiger partial charge in [-0.2, -0.15) is 11.8 Å². The summed E-state index contributed by atoms with van der Waals surface area (Å²) in [5.41, 5.74) is 5.91. The molecule has 5 heteroatoms. The van der Waals surface area contributed by atoms with Gasteiger partial charge in [0.1, 0.15) is 0 Å². The molecule has 0 spiro atoms. The standard InChI is InChI=1S/C15H24N2OS2/c1-20-15(14(16)19)6-8-17(9-7-15)13(18)12-10-4-2-3-5-11(10)12/h10-12H,2-9H2,1H3,(H2,16,19). The maximum Gasteiger partial charge on any atom is 0.226 e. The molecule has 20 heavy (non-hydrogen) atoms. The molecule has 1 aliphatic heterocycles. The predicted octanol–water partition coefficient (Wildman–Crippen LogP) is 2.43. The van der Waals surface area contributed by atoms with Crippen molar-refractivity contribution in [3.63, 3.8) is 0 Å². The van der Waals surface area contributed by atoms with Gasteiger partial charge in [-0.15, -0.1) is 0 Å². The third-order valence-corrected chi connectivity index (χ3v) is 7.59. The molecule has 3 fully saturated rings. The molecular formula is C15H24N2OS2. The van der Waals surface area contributed by atoms with Crippen molar-refractivity contribution >= 4 is 34.9 Å². The molecule has 3 rings (SSSR count). The van der Waals surface area contributed by atoms with Crippen molar-refractivity contribution in [2.24, 2.45) is 23.5 Å². The second-order valence-electron chi connectivity index (χ2n) is 6.53. The molecule has 2 aliphatic carbocycles. The fraction of sp³-hybridized carbons (Fsp3) is 0.867. The topological polar surface area (TPSA) is 46.3 Å². The minimum atomic E-state index is -0.0809. The number of thioether (sulfide) groups is 1. The van der Waals surface area contributed by atoms with Crippen molar-refractivity contribution in [2.75, 3.05) is 19.3 Å². The number of piperidine rings is 1. The largest absolute Gasteiger partial charge is 0.392 e. The average molecular weight is 313 g/mol. The lowest BCUT2D eigenvalue weighted by Crippen LogP contribution is -2.51. The molecule has 0 bridgehead atoms. The average Bonchev–Trinajstić information content (AvgIpc) is 3.20. The SMILES string of the molecule is CSC1(C(N)=S)CCN(C(=O)C2C3CCCCC32)CC1. The molecule has 112 valence electrons. The van der Waals surface area contributed by atoms with Gasteiger partial charge in [0, 0.05) is 19.0 Å². The Morgan fingerprint density at radius 2 is 1.80 bits per heavy atom. The van der Waals surface area contributed by atoms with Gasteiger partial charge in [0.15, 0.2) is 0 Å². The van der Waals surface area contributed by atoms with Crippen LogP contribution in [0, 0.1) is 17.8 Å². The summed E-state index contributed by atoms with van der Waals surface area (Å²) in [7, 11) is 0. The molecule has 1 amide bonds. The number of nitrogens with two attached hydrogens (primary N) is 1. The first-order valence-electron chi connectivity index (χ1n) is 7.73. The van der Waals surface area contributed by atoms with E-state index in [0.717, 1.165) is 25.9 Å². The zero-order valence-electron chi connectivity index (χ0n) is 12.1. The van der Waals surface area contributed by atoms with Gasteiger partial charge in [0.2, 0.25) is 5.91 Å². The molecule has 0 aromatic carbocycles. The number of rotatable bonds is 3.